The van der Waals surface area contributed by atoms with Crippen LogP contribution in [0.25, 0.3) is 0 Å². The summed E-state index contributed by atoms with van der Waals surface area (Å²) in [6, 6.07) is 0. The van der Waals surface area contributed by atoms with E-state index in [1.54, 1.807) is 0 Å². The summed E-state index contributed by atoms with van der Waals surface area (Å²) < 4.78 is 135. The van der Waals surface area contributed by atoms with Gasteiger partial charge in [0.25, 0.3) is 0 Å². The third-order valence-electron chi connectivity index (χ3n) is 1.38. The van der Waals surface area contributed by atoms with Gasteiger partial charge in [0.05, 0.1) is 0 Å². The Bertz CT molecular complexity index is 255. The molecule has 0 aliphatic heterocycles. The van der Waals surface area contributed by atoms with Crippen LogP contribution < -0.4 is 0 Å². The molecular formula is C5HF11. The first-order valence-corrected chi connectivity index (χ1v) is 3.08. The fourth-order valence-corrected chi connectivity index (χ4v) is 0.494. The molecule has 0 radical (unpaired) electrons. The van der Waals surface area contributed by atoms with Crippen molar-refractivity contribution in [2.45, 2.75) is 30.3 Å². The molecule has 11 heteroatoms. The Morgan fingerprint density at radius 1 is 0.688 bits per heavy atom. The van der Waals surface area contributed by atoms with Crippen molar-refractivity contribution in [2.24, 2.45) is 0 Å². The van der Waals surface area contributed by atoms with Crippen LogP contribution >= 0.6 is 0 Å². The lowest BCUT2D eigenvalue weighted by molar-refractivity contribution is -0.408. The second-order valence-corrected chi connectivity index (χ2v) is 2.48. The lowest BCUT2D eigenvalue weighted by Gasteiger charge is -2.32. The van der Waals surface area contributed by atoms with Crippen molar-refractivity contribution in [3.8, 4) is 0 Å². The highest BCUT2D eigenvalue weighted by molar-refractivity contribution is 5.01. The second kappa shape index (κ2) is 3.62. The van der Waals surface area contributed by atoms with E-state index >= 15 is 0 Å². The van der Waals surface area contributed by atoms with Gasteiger partial charge in [0, 0.05) is 0 Å². The van der Waals surface area contributed by atoms with Crippen LogP contribution in [-0.4, -0.2) is 30.3 Å². The van der Waals surface area contributed by atoms with E-state index in [-0.39, 0.29) is 0 Å². The predicted molar refractivity (Wildman–Crippen MR) is 26.9 cm³/mol. The van der Waals surface area contributed by atoms with E-state index in [0.717, 1.165) is 0 Å². The van der Waals surface area contributed by atoms with Crippen LogP contribution in [0.1, 0.15) is 1.37 Å². The first-order chi connectivity index (χ1) is 7.00. The summed E-state index contributed by atoms with van der Waals surface area (Å²) in [4.78, 5) is 0. The van der Waals surface area contributed by atoms with E-state index in [2.05, 4.69) is 0 Å². The van der Waals surface area contributed by atoms with Crippen molar-refractivity contribution in [1.82, 2.24) is 0 Å². The minimum atomic E-state index is -7.47. The first-order valence-electron chi connectivity index (χ1n) is 3.58. The first kappa shape index (κ1) is 13.3. The minimum Gasteiger partial charge on any atom is -0.203 e. The Morgan fingerprint density at radius 2 is 1.00 bits per heavy atom. The van der Waals surface area contributed by atoms with Gasteiger partial charge in [-0.25, -0.2) is 8.78 Å². The third kappa shape index (κ3) is 1.90. The Kier molecular flexibility index (Phi) is 3.01. The highest BCUT2D eigenvalue weighted by Crippen LogP contribution is 2.54. The standard InChI is InChI=1S/C5HF11/c6-1(7)2(8,9)3(10,11)4(12,13)5(14,15)16/h1H/i1D. The van der Waals surface area contributed by atoms with Gasteiger partial charge in [-0.05, 0) is 0 Å². The summed E-state index contributed by atoms with van der Waals surface area (Å²) in [7, 11) is 0. The highest BCUT2D eigenvalue weighted by Gasteiger charge is 2.83. The summed E-state index contributed by atoms with van der Waals surface area (Å²) in [6.45, 7) is 0. The van der Waals surface area contributed by atoms with Crippen molar-refractivity contribution in [2.75, 3.05) is 0 Å². The van der Waals surface area contributed by atoms with Gasteiger partial charge in [0.2, 0.25) is 0 Å². The molecule has 98 valence electrons. The number of halogens is 11. The Labute approximate surface area is 81.4 Å². The largest absolute Gasteiger partial charge is 0.460 e. The van der Waals surface area contributed by atoms with Gasteiger partial charge in [0.1, 0.15) is 1.37 Å². The number of alkyl halides is 11. The third-order valence-corrected chi connectivity index (χ3v) is 1.38. The maximum absolute atomic E-state index is 12.2. The van der Waals surface area contributed by atoms with E-state index in [1.807, 2.05) is 0 Å². The van der Waals surface area contributed by atoms with Gasteiger partial charge < -0.3 is 0 Å². The molecule has 0 saturated carbocycles. The molecule has 0 atom stereocenters. The van der Waals surface area contributed by atoms with Gasteiger partial charge in [0.15, 0.2) is 0 Å². The molecule has 0 rings (SSSR count). The average molecular weight is 271 g/mol. The van der Waals surface area contributed by atoms with Crippen LogP contribution in [0.3, 0.4) is 0 Å². The molecule has 0 aliphatic carbocycles. The maximum atomic E-state index is 12.2. The van der Waals surface area contributed by atoms with E-state index in [1.165, 1.54) is 0 Å². The lowest BCUT2D eigenvalue weighted by atomic mass is 10.0. The zero-order chi connectivity index (χ0) is 14.5. The molecule has 0 fully saturated rings. The number of hydrogen-bond acceptors (Lipinski definition) is 0. The molecule has 0 N–H and O–H groups in total. The Morgan fingerprint density at radius 3 is 1.19 bits per heavy atom. The molecule has 0 saturated heterocycles. The fraction of sp³-hybridized carbons (Fsp3) is 1.00. The zero-order valence-corrected chi connectivity index (χ0v) is 6.66. The molecule has 0 aliphatic rings. The van der Waals surface area contributed by atoms with Gasteiger partial charge in [-0.15, -0.1) is 0 Å². The lowest BCUT2D eigenvalue weighted by Crippen LogP contribution is -2.63. The molecule has 0 nitrogen and oxygen atoms in total. The van der Waals surface area contributed by atoms with Gasteiger partial charge in [-0.2, -0.15) is 39.5 Å². The van der Waals surface area contributed by atoms with Crippen LogP contribution in [0.15, 0.2) is 0 Å². The van der Waals surface area contributed by atoms with E-state index in [0.29, 0.717) is 0 Å². The zero-order valence-electron chi connectivity index (χ0n) is 7.66. The molecule has 0 heterocycles. The van der Waals surface area contributed by atoms with Crippen molar-refractivity contribution >= 4 is 0 Å². The topological polar surface area (TPSA) is 0 Å². The molecule has 0 unspecified atom stereocenters. The van der Waals surface area contributed by atoms with Gasteiger partial charge in [-0.1, -0.05) is 0 Å². The monoisotopic (exact) mass is 271 g/mol. The van der Waals surface area contributed by atoms with Crippen molar-refractivity contribution in [3.63, 3.8) is 0 Å². The molecule has 16 heavy (non-hydrogen) atoms. The fourth-order valence-electron chi connectivity index (χ4n) is 0.494. The van der Waals surface area contributed by atoms with E-state index < -0.39 is 30.3 Å². The molecule has 0 bridgehead atoms. The van der Waals surface area contributed by atoms with Gasteiger partial charge >= 0.3 is 30.3 Å². The molecule has 0 aromatic heterocycles. The van der Waals surface area contributed by atoms with Crippen molar-refractivity contribution in [1.29, 1.82) is 0 Å². The minimum absolute atomic E-state index is 5.21. The molecule has 0 aromatic rings. The summed E-state index contributed by atoms with van der Waals surface area (Å²) in [5.41, 5.74) is 0. The van der Waals surface area contributed by atoms with Crippen LogP contribution in [-0.2, 0) is 0 Å². The summed E-state index contributed by atoms with van der Waals surface area (Å²) in [6.07, 6.45) is -13.7. The summed E-state index contributed by atoms with van der Waals surface area (Å²) in [5, 5.41) is 0. The van der Waals surface area contributed by atoms with E-state index in [4.69, 9.17) is 1.37 Å². The Balaban J connectivity index is 5.73. The van der Waals surface area contributed by atoms with E-state index in [9.17, 15) is 48.3 Å². The molecular weight excluding hydrogens is 269 g/mol. The number of rotatable bonds is 3. The van der Waals surface area contributed by atoms with Crippen molar-refractivity contribution in [3.05, 3.63) is 0 Å². The highest BCUT2D eigenvalue weighted by atomic mass is 19.4. The Hall–Kier alpha value is -0.770. The normalized spacial score (nSPS) is 17.3. The molecule has 0 amide bonds. The maximum Gasteiger partial charge on any atom is 0.460 e. The van der Waals surface area contributed by atoms with Crippen LogP contribution in [0.4, 0.5) is 48.3 Å². The van der Waals surface area contributed by atoms with Crippen LogP contribution in [0.5, 0.6) is 0 Å². The average Bonchev–Trinajstić information content (AvgIpc) is 1.98. The summed E-state index contributed by atoms with van der Waals surface area (Å²) in [5.74, 6) is -22.1. The summed E-state index contributed by atoms with van der Waals surface area (Å²) >= 11 is 0. The number of hydrogen-bond donors (Lipinski definition) is 0. The smallest absolute Gasteiger partial charge is 0.203 e. The van der Waals surface area contributed by atoms with Crippen molar-refractivity contribution < 1.29 is 49.7 Å². The van der Waals surface area contributed by atoms with Gasteiger partial charge in [-0.3, -0.25) is 0 Å². The SMILES string of the molecule is [2H]C(F)(F)C(F)(F)C(F)(F)C(F)(F)C(F)(F)F. The van der Waals surface area contributed by atoms with Crippen LogP contribution in [0, 0.1) is 0 Å². The molecule has 0 aromatic carbocycles. The predicted octanol–water partition coefficient (Wildman–Crippen LogP) is 3.72. The van der Waals surface area contributed by atoms with Crippen LogP contribution in [0.2, 0.25) is 0 Å². The quantitative estimate of drug-likeness (QED) is 0.686. The second-order valence-electron chi connectivity index (χ2n) is 2.48. The molecule has 0 spiro atoms.